The number of halogens is 3. The molecule has 2 nitrogen and oxygen atoms in total. The Labute approximate surface area is 109 Å². The van der Waals surface area contributed by atoms with Crippen molar-refractivity contribution in [3.05, 3.63) is 30.1 Å². The lowest BCUT2D eigenvalue weighted by atomic mass is 10.1. The van der Waals surface area contributed by atoms with Gasteiger partial charge >= 0.3 is 6.18 Å². The number of fused-ring (bicyclic) bond motifs is 1. The molecule has 1 fully saturated rings. The van der Waals surface area contributed by atoms with Crippen molar-refractivity contribution in [1.29, 1.82) is 0 Å². The van der Waals surface area contributed by atoms with E-state index in [0.29, 0.717) is 17.0 Å². The first-order chi connectivity index (χ1) is 8.98. The van der Waals surface area contributed by atoms with Gasteiger partial charge < -0.3 is 4.57 Å². The summed E-state index contributed by atoms with van der Waals surface area (Å²) in [5.74, 6) is 1.30. The van der Waals surface area contributed by atoms with Crippen LogP contribution in [-0.2, 0) is 6.54 Å². The molecule has 102 valence electrons. The van der Waals surface area contributed by atoms with Crippen LogP contribution in [0.25, 0.3) is 11.0 Å². The van der Waals surface area contributed by atoms with E-state index in [2.05, 4.69) is 11.9 Å². The molecule has 0 saturated heterocycles. The van der Waals surface area contributed by atoms with E-state index in [4.69, 9.17) is 0 Å². The van der Waals surface area contributed by atoms with Gasteiger partial charge in [-0.15, -0.1) is 0 Å². The number of nitrogens with zero attached hydrogens (tertiary/aromatic N) is 2. The Bertz CT molecular complexity index is 600. The molecule has 2 atom stereocenters. The molecule has 1 heterocycles. The number of hydrogen-bond acceptors (Lipinski definition) is 1. The van der Waals surface area contributed by atoms with Crippen LogP contribution < -0.4 is 0 Å². The first-order valence-corrected chi connectivity index (χ1v) is 6.49. The minimum Gasteiger partial charge on any atom is -0.321 e. The Morgan fingerprint density at radius 2 is 2.16 bits per heavy atom. The summed E-state index contributed by atoms with van der Waals surface area (Å²) >= 11 is 0. The molecule has 0 aliphatic heterocycles. The highest BCUT2D eigenvalue weighted by molar-refractivity contribution is 5.76. The van der Waals surface area contributed by atoms with Crippen LogP contribution in [0.4, 0.5) is 13.2 Å². The predicted octanol–water partition coefficient (Wildman–Crippen LogP) is 4.11. The summed E-state index contributed by atoms with van der Waals surface area (Å²) in [5, 5.41) is 0. The van der Waals surface area contributed by atoms with Crippen LogP contribution in [0.1, 0.15) is 31.2 Å². The van der Waals surface area contributed by atoms with Crippen molar-refractivity contribution < 1.29 is 13.2 Å². The number of hydrogen-bond donors (Lipinski definition) is 0. The van der Waals surface area contributed by atoms with Gasteiger partial charge in [-0.2, -0.15) is 13.2 Å². The molecule has 0 radical (unpaired) electrons. The first-order valence-electron chi connectivity index (χ1n) is 6.49. The third-order valence-corrected chi connectivity index (χ3v) is 3.87. The first kappa shape index (κ1) is 12.5. The Morgan fingerprint density at radius 1 is 1.37 bits per heavy atom. The van der Waals surface area contributed by atoms with Crippen molar-refractivity contribution in [1.82, 2.24) is 9.55 Å². The minimum atomic E-state index is -4.21. The Kier molecular flexibility index (Phi) is 2.80. The highest BCUT2D eigenvalue weighted by Crippen LogP contribution is 2.49. The van der Waals surface area contributed by atoms with Gasteiger partial charge in [-0.05, 0) is 36.0 Å². The molecule has 2 aromatic rings. The van der Waals surface area contributed by atoms with Crippen molar-refractivity contribution in [2.24, 2.45) is 5.92 Å². The van der Waals surface area contributed by atoms with Gasteiger partial charge in [0, 0.05) is 0 Å². The van der Waals surface area contributed by atoms with Crippen LogP contribution in [-0.4, -0.2) is 15.7 Å². The number of imidazole rings is 1. The van der Waals surface area contributed by atoms with Crippen molar-refractivity contribution in [2.45, 2.75) is 38.4 Å². The molecule has 0 spiro atoms. The lowest BCUT2D eigenvalue weighted by Gasteiger charge is -2.08. The second kappa shape index (κ2) is 4.25. The highest BCUT2D eigenvalue weighted by atomic mass is 19.4. The highest BCUT2D eigenvalue weighted by Gasteiger charge is 2.36. The summed E-state index contributed by atoms with van der Waals surface area (Å²) in [6.45, 7) is 1.19. The van der Waals surface area contributed by atoms with Crippen molar-refractivity contribution in [2.75, 3.05) is 0 Å². The number of benzene rings is 1. The maximum absolute atomic E-state index is 12.4. The maximum atomic E-state index is 12.4. The van der Waals surface area contributed by atoms with E-state index in [-0.39, 0.29) is 0 Å². The third-order valence-electron chi connectivity index (χ3n) is 3.87. The van der Waals surface area contributed by atoms with E-state index in [1.54, 1.807) is 6.07 Å². The van der Waals surface area contributed by atoms with Crippen LogP contribution in [0.2, 0.25) is 0 Å². The molecule has 1 aromatic heterocycles. The zero-order valence-electron chi connectivity index (χ0n) is 10.6. The molecular formula is C14H15F3N2. The summed E-state index contributed by atoms with van der Waals surface area (Å²) in [6, 6.07) is 5.63. The third kappa shape index (κ3) is 2.46. The molecule has 1 aliphatic carbocycles. The smallest absolute Gasteiger partial charge is 0.321 e. The summed E-state index contributed by atoms with van der Waals surface area (Å²) in [6.07, 6.45) is -0.598. The number of alkyl halides is 3. The Balaban J connectivity index is 1.90. The fourth-order valence-corrected chi connectivity index (χ4v) is 2.74. The van der Waals surface area contributed by atoms with Gasteiger partial charge in [0.15, 0.2) is 0 Å². The molecule has 0 unspecified atom stereocenters. The molecule has 0 bridgehead atoms. The van der Waals surface area contributed by atoms with Crippen molar-refractivity contribution in [3.63, 3.8) is 0 Å². The van der Waals surface area contributed by atoms with Gasteiger partial charge in [-0.1, -0.05) is 19.4 Å². The van der Waals surface area contributed by atoms with E-state index in [0.717, 1.165) is 16.9 Å². The molecule has 5 heteroatoms. The van der Waals surface area contributed by atoms with Crippen LogP contribution in [0.15, 0.2) is 24.5 Å². The predicted molar refractivity (Wildman–Crippen MR) is 66.9 cm³/mol. The molecule has 1 aromatic carbocycles. The van der Waals surface area contributed by atoms with Gasteiger partial charge in [-0.3, -0.25) is 0 Å². The normalized spacial score (nSPS) is 22.9. The van der Waals surface area contributed by atoms with Crippen LogP contribution >= 0.6 is 0 Å². The fourth-order valence-electron chi connectivity index (χ4n) is 2.74. The second-order valence-corrected chi connectivity index (χ2v) is 5.25. The van der Waals surface area contributed by atoms with Gasteiger partial charge in [0.1, 0.15) is 6.54 Å². The summed E-state index contributed by atoms with van der Waals surface area (Å²) in [7, 11) is 0. The average molecular weight is 268 g/mol. The fraction of sp³-hybridized carbons (Fsp3) is 0.500. The number of aromatic nitrogens is 2. The monoisotopic (exact) mass is 268 g/mol. The average Bonchev–Trinajstić information content (AvgIpc) is 3.04. The van der Waals surface area contributed by atoms with Gasteiger partial charge in [0.25, 0.3) is 0 Å². The lowest BCUT2D eigenvalue weighted by Crippen LogP contribution is -2.16. The van der Waals surface area contributed by atoms with E-state index in [9.17, 15) is 13.2 Å². The largest absolute Gasteiger partial charge is 0.406 e. The van der Waals surface area contributed by atoms with Gasteiger partial charge in [0.05, 0.1) is 17.4 Å². The van der Waals surface area contributed by atoms with E-state index in [1.165, 1.54) is 18.3 Å². The van der Waals surface area contributed by atoms with Crippen molar-refractivity contribution in [3.8, 4) is 0 Å². The second-order valence-electron chi connectivity index (χ2n) is 5.25. The van der Waals surface area contributed by atoms with E-state index < -0.39 is 12.7 Å². The SMILES string of the molecule is CC[C@H]1C[C@@H]1c1ccc2c(c1)ncn2CC(F)(F)F. The molecule has 1 aliphatic rings. The Hall–Kier alpha value is -1.52. The Morgan fingerprint density at radius 3 is 2.79 bits per heavy atom. The molecule has 19 heavy (non-hydrogen) atoms. The summed E-state index contributed by atoms with van der Waals surface area (Å²) in [5.41, 5.74) is 2.41. The zero-order chi connectivity index (χ0) is 13.6. The quantitative estimate of drug-likeness (QED) is 0.819. The van der Waals surface area contributed by atoms with Crippen LogP contribution in [0, 0.1) is 5.92 Å². The van der Waals surface area contributed by atoms with E-state index >= 15 is 0 Å². The molecule has 1 saturated carbocycles. The summed E-state index contributed by atoms with van der Waals surface area (Å²) in [4.78, 5) is 4.09. The molecule has 0 N–H and O–H groups in total. The van der Waals surface area contributed by atoms with Crippen molar-refractivity contribution >= 4 is 11.0 Å². The standard InChI is InChI=1S/C14H15F3N2/c1-2-9-5-11(9)10-3-4-13-12(6-10)18-8-19(13)7-14(15,16)17/h3-4,6,8-9,11H,2,5,7H2,1H3/t9-,11-/m0/s1. The van der Waals surface area contributed by atoms with Crippen LogP contribution in [0.3, 0.4) is 0 Å². The van der Waals surface area contributed by atoms with Gasteiger partial charge in [-0.25, -0.2) is 4.98 Å². The molecule has 3 rings (SSSR count). The topological polar surface area (TPSA) is 17.8 Å². The zero-order valence-corrected chi connectivity index (χ0v) is 10.6. The summed E-state index contributed by atoms with van der Waals surface area (Å²) < 4.78 is 38.4. The number of rotatable bonds is 3. The minimum absolute atomic E-state index is 0.551. The molecule has 0 amide bonds. The van der Waals surface area contributed by atoms with Gasteiger partial charge in [0.2, 0.25) is 0 Å². The lowest BCUT2D eigenvalue weighted by molar-refractivity contribution is -0.139. The molecular weight excluding hydrogens is 253 g/mol. The maximum Gasteiger partial charge on any atom is 0.406 e. The van der Waals surface area contributed by atoms with E-state index in [1.807, 2.05) is 12.1 Å². The van der Waals surface area contributed by atoms with Crippen LogP contribution in [0.5, 0.6) is 0 Å².